The molecule has 3 unspecified atom stereocenters. The molecule has 2 aliphatic heterocycles. The van der Waals surface area contributed by atoms with Gasteiger partial charge in [-0.1, -0.05) is 6.42 Å². The fraction of sp³-hybridized carbons (Fsp3) is 1.00. The van der Waals surface area contributed by atoms with Crippen LogP contribution < -0.4 is 5.73 Å². The molecule has 2 rings (SSSR count). The summed E-state index contributed by atoms with van der Waals surface area (Å²) in [5, 5.41) is 0. The van der Waals surface area contributed by atoms with Gasteiger partial charge in [0.25, 0.3) is 0 Å². The molecule has 0 aromatic heterocycles. The molecule has 100 valence electrons. The Morgan fingerprint density at radius 2 is 1.88 bits per heavy atom. The molecule has 2 fully saturated rings. The summed E-state index contributed by atoms with van der Waals surface area (Å²) in [7, 11) is 3.51. The zero-order valence-electron chi connectivity index (χ0n) is 11.1. The first kappa shape index (κ1) is 13.3. The van der Waals surface area contributed by atoms with Gasteiger partial charge in [-0.25, -0.2) is 0 Å². The predicted molar refractivity (Wildman–Crippen MR) is 68.0 cm³/mol. The largest absolute Gasteiger partial charge is 0.382 e. The number of hydrogen-bond donors (Lipinski definition) is 1. The maximum absolute atomic E-state index is 6.13. The molecule has 4 heteroatoms. The van der Waals surface area contributed by atoms with Crippen molar-refractivity contribution in [3.63, 3.8) is 0 Å². The van der Waals surface area contributed by atoms with E-state index in [4.69, 9.17) is 15.2 Å². The second-order valence-corrected chi connectivity index (χ2v) is 5.48. The highest BCUT2D eigenvalue weighted by atomic mass is 16.5. The van der Waals surface area contributed by atoms with E-state index < -0.39 is 0 Å². The number of piperidine rings is 2. The van der Waals surface area contributed by atoms with E-state index in [0.717, 1.165) is 19.4 Å². The lowest BCUT2D eigenvalue weighted by Gasteiger charge is -2.49. The Morgan fingerprint density at radius 1 is 1.24 bits per heavy atom. The Hall–Kier alpha value is -0.160. The SMILES string of the molecule is COCC(CN1C2CCCC1CC(N)C2)OC. The van der Waals surface area contributed by atoms with Crippen LogP contribution in [0.15, 0.2) is 0 Å². The molecule has 0 amide bonds. The van der Waals surface area contributed by atoms with Crippen molar-refractivity contribution in [2.75, 3.05) is 27.4 Å². The van der Waals surface area contributed by atoms with Gasteiger partial charge < -0.3 is 15.2 Å². The molecule has 0 spiro atoms. The number of methoxy groups -OCH3 is 2. The zero-order valence-corrected chi connectivity index (χ0v) is 11.1. The second kappa shape index (κ2) is 6.14. The molecule has 0 aromatic rings. The lowest BCUT2D eigenvalue weighted by Crippen LogP contribution is -2.57. The Bertz CT molecular complexity index is 223. The Kier molecular flexibility index (Phi) is 4.79. The number of fused-ring (bicyclic) bond motifs is 2. The van der Waals surface area contributed by atoms with Gasteiger partial charge in [0.2, 0.25) is 0 Å². The fourth-order valence-electron chi connectivity index (χ4n) is 3.43. The topological polar surface area (TPSA) is 47.7 Å². The normalized spacial score (nSPS) is 35.8. The summed E-state index contributed by atoms with van der Waals surface area (Å²) in [6, 6.07) is 1.75. The van der Waals surface area contributed by atoms with Gasteiger partial charge in [0.1, 0.15) is 0 Å². The van der Waals surface area contributed by atoms with E-state index in [1.165, 1.54) is 19.3 Å². The molecular weight excluding hydrogens is 216 g/mol. The van der Waals surface area contributed by atoms with Gasteiger partial charge in [-0.15, -0.1) is 0 Å². The molecular formula is C13H26N2O2. The van der Waals surface area contributed by atoms with Crippen LogP contribution in [-0.2, 0) is 9.47 Å². The predicted octanol–water partition coefficient (Wildman–Crippen LogP) is 0.992. The average molecular weight is 242 g/mol. The Morgan fingerprint density at radius 3 is 2.41 bits per heavy atom. The first-order valence-corrected chi connectivity index (χ1v) is 6.77. The van der Waals surface area contributed by atoms with Crippen LogP contribution in [0, 0.1) is 0 Å². The van der Waals surface area contributed by atoms with Crippen molar-refractivity contribution in [2.45, 2.75) is 56.3 Å². The molecule has 0 aliphatic carbocycles. The molecule has 4 nitrogen and oxygen atoms in total. The van der Waals surface area contributed by atoms with Crippen molar-refractivity contribution in [2.24, 2.45) is 5.73 Å². The highest BCUT2D eigenvalue weighted by Gasteiger charge is 2.37. The van der Waals surface area contributed by atoms with Crippen molar-refractivity contribution < 1.29 is 9.47 Å². The number of rotatable bonds is 5. The van der Waals surface area contributed by atoms with Crippen LogP contribution in [0.2, 0.25) is 0 Å². The van der Waals surface area contributed by atoms with Crippen LogP contribution in [0.3, 0.4) is 0 Å². The van der Waals surface area contributed by atoms with Gasteiger partial charge in [-0.2, -0.15) is 0 Å². The number of ether oxygens (including phenoxy) is 2. The van der Waals surface area contributed by atoms with Gasteiger partial charge in [-0.05, 0) is 25.7 Å². The van der Waals surface area contributed by atoms with Crippen LogP contribution in [0.5, 0.6) is 0 Å². The van der Waals surface area contributed by atoms with Crippen LogP contribution in [0.1, 0.15) is 32.1 Å². The van der Waals surface area contributed by atoms with Crippen molar-refractivity contribution in [1.82, 2.24) is 4.90 Å². The summed E-state index contributed by atoms with van der Waals surface area (Å²) < 4.78 is 10.7. The number of hydrogen-bond acceptors (Lipinski definition) is 4. The summed E-state index contributed by atoms with van der Waals surface area (Å²) >= 11 is 0. The third kappa shape index (κ3) is 3.19. The quantitative estimate of drug-likeness (QED) is 0.781. The monoisotopic (exact) mass is 242 g/mol. The molecule has 2 aliphatic rings. The van der Waals surface area contributed by atoms with E-state index in [1.54, 1.807) is 14.2 Å². The molecule has 2 bridgehead atoms. The highest BCUT2D eigenvalue weighted by molar-refractivity contribution is 4.94. The number of nitrogens with two attached hydrogens (primary N) is 1. The summed E-state index contributed by atoms with van der Waals surface area (Å²) in [5.41, 5.74) is 6.13. The van der Waals surface area contributed by atoms with E-state index in [0.29, 0.717) is 24.7 Å². The van der Waals surface area contributed by atoms with Gasteiger partial charge in [-0.3, -0.25) is 4.90 Å². The lowest BCUT2D eigenvalue weighted by molar-refractivity contribution is -0.0415. The van der Waals surface area contributed by atoms with Crippen molar-refractivity contribution >= 4 is 0 Å². The minimum atomic E-state index is 0.192. The zero-order chi connectivity index (χ0) is 12.3. The Balaban J connectivity index is 1.94. The maximum atomic E-state index is 6.13. The minimum absolute atomic E-state index is 0.192. The molecule has 17 heavy (non-hydrogen) atoms. The molecule has 2 N–H and O–H groups in total. The Labute approximate surface area is 104 Å². The highest BCUT2D eigenvalue weighted by Crippen LogP contribution is 2.33. The molecule has 0 aromatic carbocycles. The molecule has 2 saturated heterocycles. The third-order valence-corrected chi connectivity index (χ3v) is 4.26. The van der Waals surface area contributed by atoms with Gasteiger partial charge in [0.05, 0.1) is 12.7 Å². The van der Waals surface area contributed by atoms with E-state index in [-0.39, 0.29) is 6.10 Å². The van der Waals surface area contributed by atoms with Crippen molar-refractivity contribution in [1.29, 1.82) is 0 Å². The summed E-state index contributed by atoms with van der Waals surface area (Å²) in [4.78, 5) is 2.63. The third-order valence-electron chi connectivity index (χ3n) is 4.26. The summed E-state index contributed by atoms with van der Waals surface area (Å²) in [5.74, 6) is 0. The van der Waals surface area contributed by atoms with Crippen LogP contribution in [0.4, 0.5) is 0 Å². The van der Waals surface area contributed by atoms with E-state index in [1.807, 2.05) is 0 Å². The van der Waals surface area contributed by atoms with E-state index >= 15 is 0 Å². The fourth-order valence-corrected chi connectivity index (χ4v) is 3.43. The second-order valence-electron chi connectivity index (χ2n) is 5.48. The maximum Gasteiger partial charge on any atom is 0.0931 e. The van der Waals surface area contributed by atoms with Crippen LogP contribution >= 0.6 is 0 Å². The first-order chi connectivity index (χ1) is 8.24. The minimum Gasteiger partial charge on any atom is -0.382 e. The van der Waals surface area contributed by atoms with Crippen LogP contribution in [0.25, 0.3) is 0 Å². The van der Waals surface area contributed by atoms with Crippen molar-refractivity contribution in [3.05, 3.63) is 0 Å². The summed E-state index contributed by atoms with van der Waals surface area (Å²) in [6.07, 6.45) is 6.46. The van der Waals surface area contributed by atoms with Gasteiger partial charge >= 0.3 is 0 Å². The summed E-state index contributed by atoms with van der Waals surface area (Å²) in [6.45, 7) is 1.67. The standard InChI is InChI=1S/C13H26N2O2/c1-16-9-13(17-2)8-15-11-4-3-5-12(15)7-10(14)6-11/h10-13H,3-9,14H2,1-2H3. The van der Waals surface area contributed by atoms with Gasteiger partial charge in [0.15, 0.2) is 0 Å². The lowest BCUT2D eigenvalue weighted by atomic mass is 9.82. The molecule has 0 saturated carbocycles. The smallest absolute Gasteiger partial charge is 0.0931 e. The van der Waals surface area contributed by atoms with E-state index in [2.05, 4.69) is 4.90 Å². The van der Waals surface area contributed by atoms with Gasteiger partial charge in [0, 0.05) is 38.9 Å². The first-order valence-electron chi connectivity index (χ1n) is 6.77. The average Bonchev–Trinajstić information content (AvgIpc) is 2.29. The number of nitrogens with zero attached hydrogens (tertiary/aromatic N) is 1. The van der Waals surface area contributed by atoms with Crippen molar-refractivity contribution in [3.8, 4) is 0 Å². The molecule has 2 heterocycles. The molecule has 3 atom stereocenters. The van der Waals surface area contributed by atoms with E-state index in [9.17, 15) is 0 Å². The van der Waals surface area contributed by atoms with Crippen LogP contribution in [-0.4, -0.2) is 56.5 Å². The molecule has 0 radical (unpaired) electrons.